The Morgan fingerprint density at radius 1 is 1.11 bits per heavy atom. The molecule has 0 spiro atoms. The first-order valence-electron chi connectivity index (χ1n) is 9.89. The maximum atomic E-state index is 10.6. The summed E-state index contributed by atoms with van der Waals surface area (Å²) in [5, 5.41) is 14.5. The molecule has 0 amide bonds. The van der Waals surface area contributed by atoms with Gasteiger partial charge in [-0.1, -0.05) is 54.6 Å². The van der Waals surface area contributed by atoms with E-state index in [-0.39, 0.29) is 18.2 Å². The van der Waals surface area contributed by atoms with Crippen molar-refractivity contribution in [3.05, 3.63) is 71.3 Å². The quantitative estimate of drug-likeness (QED) is 0.854. The van der Waals surface area contributed by atoms with Gasteiger partial charge in [-0.25, -0.2) is 0 Å². The van der Waals surface area contributed by atoms with Gasteiger partial charge >= 0.3 is 0 Å². The van der Waals surface area contributed by atoms with Crippen LogP contribution in [0, 0.1) is 11.8 Å². The lowest BCUT2D eigenvalue weighted by Crippen LogP contribution is -2.47. The van der Waals surface area contributed by atoms with Gasteiger partial charge in [-0.2, -0.15) is 0 Å². The average molecular weight is 366 g/mol. The summed E-state index contributed by atoms with van der Waals surface area (Å²) in [6, 6.07) is 19.7. The Morgan fingerprint density at radius 2 is 1.89 bits per heavy atom. The molecule has 2 aliphatic heterocycles. The van der Waals surface area contributed by atoms with Crippen LogP contribution in [0.2, 0.25) is 0 Å². The topological polar surface area (TPSA) is 38.7 Å². The van der Waals surface area contributed by atoms with Crippen LogP contribution in [0.3, 0.4) is 0 Å². The number of hydrogen-bond acceptors (Lipinski definition) is 4. The number of rotatable bonds is 5. The molecule has 0 unspecified atom stereocenters. The molecule has 0 radical (unpaired) electrons. The molecule has 4 nitrogen and oxygen atoms in total. The van der Waals surface area contributed by atoms with Gasteiger partial charge in [-0.3, -0.25) is 5.32 Å². The Morgan fingerprint density at radius 3 is 2.59 bits per heavy atom. The van der Waals surface area contributed by atoms with E-state index in [1.54, 1.807) is 0 Å². The number of nitrogens with zero attached hydrogens (tertiary/aromatic N) is 2. The second-order valence-corrected chi connectivity index (χ2v) is 8.59. The third kappa shape index (κ3) is 3.32. The minimum atomic E-state index is -0.376. The summed E-state index contributed by atoms with van der Waals surface area (Å²) >= 11 is 0. The first-order chi connectivity index (χ1) is 13.0. The second kappa shape index (κ2) is 7.36. The van der Waals surface area contributed by atoms with E-state index in [0.717, 1.165) is 19.6 Å². The van der Waals surface area contributed by atoms with Gasteiger partial charge in [0, 0.05) is 31.6 Å². The van der Waals surface area contributed by atoms with Gasteiger partial charge in [0.15, 0.2) is 0 Å². The summed E-state index contributed by atoms with van der Waals surface area (Å²) in [6.45, 7) is 3.15. The van der Waals surface area contributed by atoms with Gasteiger partial charge in [0.25, 0.3) is 0 Å². The normalized spacial score (nSPS) is 30.8. The van der Waals surface area contributed by atoms with Crippen molar-refractivity contribution in [2.75, 3.05) is 40.8 Å². The van der Waals surface area contributed by atoms with Crippen LogP contribution in [-0.2, 0) is 12.1 Å². The average Bonchev–Trinajstić information content (AvgIpc) is 3.18. The van der Waals surface area contributed by atoms with Gasteiger partial charge < -0.3 is 14.9 Å². The van der Waals surface area contributed by atoms with E-state index in [0.29, 0.717) is 11.8 Å². The van der Waals surface area contributed by atoms with E-state index >= 15 is 0 Å². The molecule has 0 bridgehead atoms. The number of benzene rings is 2. The largest absolute Gasteiger partial charge is 0.394 e. The minimum Gasteiger partial charge on any atom is -0.394 e. The molecule has 2 heterocycles. The molecular formula is C23H31N3O. The fourth-order valence-corrected chi connectivity index (χ4v) is 5.25. The molecule has 4 rings (SSSR count). The summed E-state index contributed by atoms with van der Waals surface area (Å²) in [5.41, 5.74) is 3.50. The van der Waals surface area contributed by atoms with E-state index in [2.05, 4.69) is 84.8 Å². The number of aliphatic hydroxyl groups excluding tert-OH is 1. The Bertz CT molecular complexity index is 778. The molecule has 27 heavy (non-hydrogen) atoms. The predicted molar refractivity (Wildman–Crippen MR) is 109 cm³/mol. The van der Waals surface area contributed by atoms with Crippen molar-refractivity contribution in [1.82, 2.24) is 15.1 Å². The summed E-state index contributed by atoms with van der Waals surface area (Å²) in [6.07, 6.45) is 0. The Kier molecular flexibility index (Phi) is 5.08. The number of aliphatic hydroxyl groups is 1. The highest BCUT2D eigenvalue weighted by atomic mass is 16.3. The zero-order valence-corrected chi connectivity index (χ0v) is 16.6. The molecule has 144 valence electrons. The monoisotopic (exact) mass is 365 g/mol. The van der Waals surface area contributed by atoms with Crippen LogP contribution in [0.25, 0.3) is 0 Å². The fraction of sp³-hybridized carbons (Fsp3) is 0.478. The van der Waals surface area contributed by atoms with Crippen LogP contribution in [0.15, 0.2) is 54.6 Å². The van der Waals surface area contributed by atoms with Crippen molar-refractivity contribution >= 4 is 0 Å². The fourth-order valence-electron chi connectivity index (χ4n) is 5.25. The van der Waals surface area contributed by atoms with Crippen LogP contribution in [0.4, 0.5) is 0 Å². The second-order valence-electron chi connectivity index (χ2n) is 8.59. The lowest BCUT2D eigenvalue weighted by Gasteiger charge is -2.35. The van der Waals surface area contributed by atoms with Crippen LogP contribution in [0.1, 0.15) is 22.7 Å². The Labute approximate surface area is 162 Å². The third-order valence-corrected chi connectivity index (χ3v) is 6.37. The summed E-state index contributed by atoms with van der Waals surface area (Å²) in [4.78, 5) is 4.62. The smallest absolute Gasteiger partial charge is 0.0718 e. The molecular weight excluding hydrogens is 334 g/mol. The molecule has 4 heteroatoms. The van der Waals surface area contributed by atoms with E-state index in [1.165, 1.54) is 16.7 Å². The highest BCUT2D eigenvalue weighted by Crippen LogP contribution is 2.51. The van der Waals surface area contributed by atoms with Crippen molar-refractivity contribution in [2.45, 2.75) is 18.1 Å². The number of likely N-dealkylation sites (tertiary alicyclic amines) is 1. The first-order valence-corrected chi connectivity index (χ1v) is 9.89. The van der Waals surface area contributed by atoms with Gasteiger partial charge in [0.1, 0.15) is 0 Å². The summed E-state index contributed by atoms with van der Waals surface area (Å²) < 4.78 is 0. The summed E-state index contributed by atoms with van der Waals surface area (Å²) in [7, 11) is 6.41. The van der Waals surface area contributed by atoms with Crippen LogP contribution < -0.4 is 5.32 Å². The van der Waals surface area contributed by atoms with E-state index in [4.69, 9.17) is 0 Å². The zero-order chi connectivity index (χ0) is 19.0. The van der Waals surface area contributed by atoms with Crippen molar-refractivity contribution in [1.29, 1.82) is 0 Å². The SMILES string of the molecule is CN(C)Cc1cccc([C@H]2N[C@](CO)(c3ccccc3)[C@H]3CN(C)C[C@@H]23)c1. The molecule has 2 aromatic carbocycles. The predicted octanol–water partition coefficient (Wildman–Crippen LogP) is 2.46. The van der Waals surface area contributed by atoms with E-state index in [9.17, 15) is 5.11 Å². The molecule has 2 saturated heterocycles. The van der Waals surface area contributed by atoms with E-state index in [1.807, 2.05) is 6.07 Å². The van der Waals surface area contributed by atoms with Crippen LogP contribution in [-0.4, -0.2) is 55.7 Å². The van der Waals surface area contributed by atoms with Gasteiger partial charge in [0.2, 0.25) is 0 Å². The van der Waals surface area contributed by atoms with Crippen molar-refractivity contribution in [3.8, 4) is 0 Å². The van der Waals surface area contributed by atoms with Gasteiger partial charge in [-0.05, 0) is 43.8 Å². The summed E-state index contributed by atoms with van der Waals surface area (Å²) in [5.74, 6) is 0.898. The standard InChI is InChI=1S/C23H31N3O/c1-25(2)13-17-8-7-9-18(12-17)22-20-14-26(3)15-21(20)23(16-27,24-22)19-10-5-4-6-11-19/h4-12,20-22,24,27H,13-16H2,1-3H3/t20-,21+,22-,23-/m1/s1. The lowest BCUT2D eigenvalue weighted by molar-refractivity contribution is 0.129. The molecule has 0 saturated carbocycles. The lowest BCUT2D eigenvalue weighted by atomic mass is 9.76. The van der Waals surface area contributed by atoms with Crippen LogP contribution in [0.5, 0.6) is 0 Å². The Hall–Kier alpha value is -1.72. The molecule has 2 aliphatic rings. The van der Waals surface area contributed by atoms with Gasteiger partial charge in [0.05, 0.1) is 12.1 Å². The van der Waals surface area contributed by atoms with Crippen molar-refractivity contribution < 1.29 is 5.11 Å². The van der Waals surface area contributed by atoms with Crippen molar-refractivity contribution in [3.63, 3.8) is 0 Å². The maximum Gasteiger partial charge on any atom is 0.0718 e. The highest BCUT2D eigenvalue weighted by molar-refractivity contribution is 5.35. The Balaban J connectivity index is 1.73. The zero-order valence-electron chi connectivity index (χ0n) is 16.6. The van der Waals surface area contributed by atoms with Crippen LogP contribution >= 0.6 is 0 Å². The molecule has 0 aromatic heterocycles. The van der Waals surface area contributed by atoms with Gasteiger partial charge in [-0.15, -0.1) is 0 Å². The first kappa shape index (κ1) is 18.6. The molecule has 2 aromatic rings. The highest BCUT2D eigenvalue weighted by Gasteiger charge is 2.56. The third-order valence-electron chi connectivity index (χ3n) is 6.37. The molecule has 2 N–H and O–H groups in total. The van der Waals surface area contributed by atoms with E-state index < -0.39 is 0 Å². The number of hydrogen-bond donors (Lipinski definition) is 2. The minimum absolute atomic E-state index is 0.125. The number of nitrogens with one attached hydrogen (secondary N) is 1. The molecule has 0 aliphatic carbocycles. The number of fused-ring (bicyclic) bond motifs is 1. The molecule has 4 atom stereocenters. The maximum absolute atomic E-state index is 10.6. The molecule has 2 fully saturated rings. The van der Waals surface area contributed by atoms with Crippen molar-refractivity contribution in [2.24, 2.45) is 11.8 Å².